The summed E-state index contributed by atoms with van der Waals surface area (Å²) in [6, 6.07) is 0.532. The summed E-state index contributed by atoms with van der Waals surface area (Å²) < 4.78 is 0. The number of fused-ring (bicyclic) bond motifs is 3. The second-order valence-electron chi connectivity index (χ2n) is 7.13. The second kappa shape index (κ2) is 4.98. The van der Waals surface area contributed by atoms with Crippen LogP contribution < -0.4 is 5.43 Å². The normalized spacial score (nSPS) is 40.6. The number of nitrogens with one attached hydrogen (secondary N) is 1. The number of hydrogen-bond acceptors (Lipinski definition) is 4. The molecule has 2 heterocycles. The molecule has 2 aliphatic heterocycles. The zero-order valence-electron chi connectivity index (χ0n) is 12.5. The largest absolute Gasteiger partial charge is 0.478 e. The summed E-state index contributed by atoms with van der Waals surface area (Å²) in [6.45, 7) is 0. The highest BCUT2D eigenvalue weighted by Crippen LogP contribution is 2.53. The minimum Gasteiger partial charge on any atom is -0.478 e. The van der Waals surface area contributed by atoms with E-state index in [9.17, 15) is 19.8 Å². The van der Waals surface area contributed by atoms with Gasteiger partial charge in [-0.1, -0.05) is 19.3 Å². The van der Waals surface area contributed by atoms with Crippen LogP contribution >= 0.6 is 0 Å². The lowest BCUT2D eigenvalue weighted by atomic mass is 9.68. The van der Waals surface area contributed by atoms with Gasteiger partial charge in [0.2, 0.25) is 0 Å². The van der Waals surface area contributed by atoms with Crippen molar-refractivity contribution in [2.24, 2.45) is 17.8 Å². The monoisotopic (exact) mass is 306 g/mol. The van der Waals surface area contributed by atoms with Gasteiger partial charge in [0, 0.05) is 18.0 Å². The highest BCUT2D eigenvalue weighted by Gasteiger charge is 2.57. The van der Waals surface area contributed by atoms with Gasteiger partial charge in [0.15, 0.2) is 0 Å². The predicted octanol–water partition coefficient (Wildman–Crippen LogP) is 1.59. The first kappa shape index (κ1) is 14.1. The van der Waals surface area contributed by atoms with E-state index in [-0.39, 0.29) is 23.2 Å². The summed E-state index contributed by atoms with van der Waals surface area (Å²) in [5, 5.41) is 21.2. The van der Waals surface area contributed by atoms with Gasteiger partial charge in [-0.3, -0.25) is 0 Å². The molecule has 120 valence electrons. The predicted molar refractivity (Wildman–Crippen MR) is 77.6 cm³/mol. The fraction of sp³-hybridized carbons (Fsp3) is 0.750. The molecule has 22 heavy (non-hydrogen) atoms. The third kappa shape index (κ3) is 1.82. The van der Waals surface area contributed by atoms with Gasteiger partial charge in [0.25, 0.3) is 0 Å². The van der Waals surface area contributed by atoms with Gasteiger partial charge in [-0.05, 0) is 37.5 Å². The van der Waals surface area contributed by atoms with E-state index in [1.165, 1.54) is 19.3 Å². The van der Waals surface area contributed by atoms with E-state index < -0.39 is 11.9 Å². The topological polar surface area (TPSA) is 89.9 Å². The number of carbonyl (C=O) groups is 2. The third-order valence-corrected chi connectivity index (χ3v) is 6.24. The fourth-order valence-electron chi connectivity index (χ4n) is 5.56. The summed E-state index contributed by atoms with van der Waals surface area (Å²) in [4.78, 5) is 23.3. The van der Waals surface area contributed by atoms with Crippen LogP contribution in [0.4, 0.5) is 0 Å². The number of hydrogen-bond donors (Lipinski definition) is 3. The minimum atomic E-state index is -1.16. The average Bonchev–Trinajstić information content (AvgIpc) is 2.83. The van der Waals surface area contributed by atoms with Crippen LogP contribution in [0.25, 0.3) is 0 Å². The Bertz CT molecular complexity index is 558. The van der Waals surface area contributed by atoms with Crippen molar-refractivity contribution in [1.29, 1.82) is 0 Å². The Labute approximate surface area is 129 Å². The van der Waals surface area contributed by atoms with Gasteiger partial charge in [-0.15, -0.1) is 0 Å². The lowest BCUT2D eigenvalue weighted by molar-refractivity contribution is -0.139. The van der Waals surface area contributed by atoms with Crippen LogP contribution in [-0.4, -0.2) is 39.2 Å². The lowest BCUT2D eigenvalue weighted by Gasteiger charge is -2.44. The number of carboxylic acids is 2. The van der Waals surface area contributed by atoms with Crippen molar-refractivity contribution in [3.05, 3.63) is 11.3 Å². The van der Waals surface area contributed by atoms with Gasteiger partial charge in [0.05, 0.1) is 5.57 Å². The highest BCUT2D eigenvalue weighted by atomic mass is 16.4. The van der Waals surface area contributed by atoms with E-state index >= 15 is 0 Å². The first-order valence-corrected chi connectivity index (χ1v) is 8.35. The summed E-state index contributed by atoms with van der Waals surface area (Å²) in [7, 11) is 0. The molecule has 0 amide bonds. The molecule has 3 N–H and O–H groups in total. The number of carboxylic acid groups (broad SMARTS) is 2. The summed E-state index contributed by atoms with van der Waals surface area (Å²) in [5.41, 5.74) is 2.99. The van der Waals surface area contributed by atoms with Gasteiger partial charge in [0.1, 0.15) is 5.70 Å². The minimum absolute atomic E-state index is 0.0945. The van der Waals surface area contributed by atoms with Crippen LogP contribution in [0.1, 0.15) is 44.9 Å². The van der Waals surface area contributed by atoms with Crippen molar-refractivity contribution in [2.75, 3.05) is 0 Å². The number of nitrogens with zero attached hydrogens (tertiary/aromatic N) is 1. The van der Waals surface area contributed by atoms with Gasteiger partial charge in [-0.2, -0.15) is 0 Å². The van der Waals surface area contributed by atoms with Crippen LogP contribution in [0.3, 0.4) is 0 Å². The van der Waals surface area contributed by atoms with Gasteiger partial charge < -0.3 is 15.6 Å². The van der Waals surface area contributed by atoms with E-state index in [1.54, 1.807) is 0 Å². The van der Waals surface area contributed by atoms with Crippen molar-refractivity contribution in [3.63, 3.8) is 0 Å². The maximum absolute atomic E-state index is 11.7. The van der Waals surface area contributed by atoms with Crippen molar-refractivity contribution in [3.8, 4) is 0 Å². The molecule has 0 spiro atoms. The molecular weight excluding hydrogens is 284 g/mol. The molecule has 6 heteroatoms. The number of hydrazine groups is 1. The Balaban J connectivity index is 1.79. The molecule has 0 aromatic carbocycles. The second-order valence-corrected chi connectivity index (χ2v) is 7.13. The molecule has 3 fully saturated rings. The molecule has 5 atom stereocenters. The molecule has 1 saturated heterocycles. The molecule has 0 aromatic heterocycles. The molecule has 0 radical (unpaired) electrons. The third-order valence-electron chi connectivity index (χ3n) is 6.24. The van der Waals surface area contributed by atoms with Crippen LogP contribution in [-0.2, 0) is 9.59 Å². The molecule has 2 saturated carbocycles. The lowest BCUT2D eigenvalue weighted by Crippen LogP contribution is -2.57. The Morgan fingerprint density at radius 1 is 0.955 bits per heavy atom. The first-order chi connectivity index (χ1) is 10.6. The molecule has 2 aliphatic carbocycles. The van der Waals surface area contributed by atoms with E-state index in [4.69, 9.17) is 0 Å². The zero-order chi connectivity index (χ0) is 15.4. The Morgan fingerprint density at radius 2 is 1.68 bits per heavy atom. The molecule has 0 unspecified atom stereocenters. The first-order valence-electron chi connectivity index (χ1n) is 8.35. The van der Waals surface area contributed by atoms with Crippen LogP contribution in [0.5, 0.6) is 0 Å². The van der Waals surface area contributed by atoms with Crippen molar-refractivity contribution >= 4 is 11.9 Å². The smallest absolute Gasteiger partial charge is 0.353 e. The maximum Gasteiger partial charge on any atom is 0.353 e. The zero-order valence-corrected chi connectivity index (χ0v) is 12.5. The average molecular weight is 306 g/mol. The standard InChI is InChI=1S/C16H22N2O4/c19-15(20)12-10-6-3-5-9-8-4-1-2-7-11(8)18(14(9)10)17-13(12)16(21)22/h8-11,14,17H,1-7H2,(H,19,20)(H,21,22)/t8-,9-,10-,11+,14+/m0/s1. The van der Waals surface area contributed by atoms with E-state index in [0.717, 1.165) is 25.7 Å². The van der Waals surface area contributed by atoms with Crippen molar-refractivity contribution in [2.45, 2.75) is 57.0 Å². The van der Waals surface area contributed by atoms with E-state index in [2.05, 4.69) is 10.4 Å². The highest BCUT2D eigenvalue weighted by molar-refractivity contribution is 5.99. The van der Waals surface area contributed by atoms with Crippen molar-refractivity contribution in [1.82, 2.24) is 10.4 Å². The molecule has 4 rings (SSSR count). The molecule has 4 aliphatic rings. The summed E-state index contributed by atoms with van der Waals surface area (Å²) >= 11 is 0. The van der Waals surface area contributed by atoms with Crippen molar-refractivity contribution < 1.29 is 19.8 Å². The summed E-state index contributed by atoms with van der Waals surface area (Å²) in [6.07, 6.45) is 7.66. The molecule has 6 nitrogen and oxygen atoms in total. The quantitative estimate of drug-likeness (QED) is 0.718. The van der Waals surface area contributed by atoms with Crippen LogP contribution in [0, 0.1) is 17.8 Å². The van der Waals surface area contributed by atoms with E-state index in [0.29, 0.717) is 17.9 Å². The van der Waals surface area contributed by atoms with Gasteiger partial charge >= 0.3 is 11.9 Å². The van der Waals surface area contributed by atoms with Gasteiger partial charge in [-0.25, -0.2) is 14.6 Å². The Morgan fingerprint density at radius 3 is 2.41 bits per heavy atom. The van der Waals surface area contributed by atoms with Crippen LogP contribution in [0.2, 0.25) is 0 Å². The van der Waals surface area contributed by atoms with E-state index in [1.807, 2.05) is 0 Å². The molecule has 0 aromatic rings. The summed E-state index contributed by atoms with van der Waals surface area (Å²) in [5.74, 6) is -1.27. The number of aliphatic carboxylic acids is 2. The Kier molecular flexibility index (Phi) is 3.18. The SMILES string of the molecule is O=C(O)C1=C(C(=O)O)[C@@H]2CCC[C@H]3[C@@H]4CCCC[C@H]4N(N1)[C@H]32. The fourth-order valence-corrected chi connectivity index (χ4v) is 5.56. The van der Waals surface area contributed by atoms with Crippen LogP contribution in [0.15, 0.2) is 11.3 Å². The Hall–Kier alpha value is -1.56. The molecule has 0 bridgehead atoms. The maximum atomic E-state index is 11.7. The number of rotatable bonds is 2. The molecular formula is C16H22N2O4.